The Labute approximate surface area is 113 Å². The molecule has 0 atom stereocenters. The smallest absolute Gasteiger partial charge is 0.137 e. The molecular formula is C12H14BrFN4. The second kappa shape index (κ2) is 6.06. The maximum atomic E-state index is 13.2. The first-order valence-electron chi connectivity index (χ1n) is 5.78. The van der Waals surface area contributed by atoms with Gasteiger partial charge in [-0.2, -0.15) is 0 Å². The van der Waals surface area contributed by atoms with Gasteiger partial charge in [-0.1, -0.05) is 12.1 Å². The van der Waals surface area contributed by atoms with Crippen LogP contribution in [-0.2, 0) is 6.54 Å². The third-order valence-corrected chi connectivity index (χ3v) is 3.11. The van der Waals surface area contributed by atoms with Gasteiger partial charge in [-0.25, -0.2) is 9.07 Å². The summed E-state index contributed by atoms with van der Waals surface area (Å²) >= 11 is 3.17. The number of hydrogen-bond acceptors (Lipinski definition) is 3. The third-order valence-electron chi connectivity index (χ3n) is 2.50. The fourth-order valence-corrected chi connectivity index (χ4v) is 1.97. The van der Waals surface area contributed by atoms with E-state index in [0.29, 0.717) is 11.0 Å². The highest BCUT2D eigenvalue weighted by Gasteiger charge is 2.08. The van der Waals surface area contributed by atoms with E-state index >= 15 is 0 Å². The lowest BCUT2D eigenvalue weighted by atomic mass is 10.3. The fraction of sp³-hybridized carbons (Fsp3) is 0.333. The van der Waals surface area contributed by atoms with Gasteiger partial charge >= 0.3 is 0 Å². The number of nitrogens with zero attached hydrogens (tertiary/aromatic N) is 3. The van der Waals surface area contributed by atoms with Crippen molar-refractivity contribution in [2.24, 2.45) is 0 Å². The number of benzene rings is 1. The normalized spacial score (nSPS) is 10.8. The molecule has 0 unspecified atom stereocenters. The van der Waals surface area contributed by atoms with Gasteiger partial charge in [0.15, 0.2) is 0 Å². The molecule has 4 nitrogen and oxygen atoms in total. The Morgan fingerprint density at radius 1 is 1.44 bits per heavy atom. The van der Waals surface area contributed by atoms with E-state index in [2.05, 4.69) is 38.5 Å². The molecule has 1 heterocycles. The van der Waals surface area contributed by atoms with Crippen molar-refractivity contribution in [3.63, 3.8) is 0 Å². The van der Waals surface area contributed by atoms with Gasteiger partial charge in [0, 0.05) is 6.54 Å². The molecule has 0 saturated carbocycles. The van der Waals surface area contributed by atoms with E-state index in [1.807, 2.05) is 0 Å². The van der Waals surface area contributed by atoms with Crippen LogP contribution in [-0.4, -0.2) is 21.5 Å². The Hall–Kier alpha value is -1.27. The highest BCUT2D eigenvalue weighted by Crippen LogP contribution is 2.19. The molecule has 1 aromatic heterocycles. The van der Waals surface area contributed by atoms with Gasteiger partial charge in [0.05, 0.1) is 22.1 Å². The predicted octanol–water partition coefficient (Wildman–Crippen LogP) is 2.67. The third kappa shape index (κ3) is 2.94. The highest BCUT2D eigenvalue weighted by molar-refractivity contribution is 9.10. The molecular weight excluding hydrogens is 299 g/mol. The molecule has 6 heteroatoms. The Bertz CT molecular complexity index is 527. The Balaban J connectivity index is 2.22. The molecule has 0 aliphatic carbocycles. The molecule has 0 radical (unpaired) electrons. The first-order valence-corrected chi connectivity index (χ1v) is 6.57. The molecule has 0 bridgehead atoms. The molecule has 0 saturated heterocycles. The van der Waals surface area contributed by atoms with Crippen molar-refractivity contribution < 1.29 is 4.39 Å². The first kappa shape index (κ1) is 13.2. The quantitative estimate of drug-likeness (QED) is 0.863. The number of halogens is 2. The zero-order valence-corrected chi connectivity index (χ0v) is 11.6. The van der Waals surface area contributed by atoms with E-state index in [1.165, 1.54) is 6.07 Å². The zero-order chi connectivity index (χ0) is 13.0. The molecule has 96 valence electrons. The van der Waals surface area contributed by atoms with Gasteiger partial charge in [-0.05, 0) is 47.1 Å². The summed E-state index contributed by atoms with van der Waals surface area (Å²) in [6, 6.07) is 4.77. The van der Waals surface area contributed by atoms with Crippen molar-refractivity contribution in [1.29, 1.82) is 0 Å². The fourth-order valence-electron chi connectivity index (χ4n) is 1.60. The summed E-state index contributed by atoms with van der Waals surface area (Å²) in [6.45, 7) is 3.74. The SMILES string of the molecule is CCCNCc1cnnn1-c1ccc(F)c(Br)c1. The minimum absolute atomic E-state index is 0.287. The van der Waals surface area contributed by atoms with Crippen molar-refractivity contribution in [2.75, 3.05) is 6.54 Å². The molecule has 18 heavy (non-hydrogen) atoms. The molecule has 2 rings (SSSR count). The van der Waals surface area contributed by atoms with Crippen LogP contribution in [0.15, 0.2) is 28.9 Å². The van der Waals surface area contributed by atoms with Crippen LogP contribution in [0, 0.1) is 5.82 Å². The number of rotatable bonds is 5. The average Bonchev–Trinajstić information content (AvgIpc) is 2.81. The van der Waals surface area contributed by atoms with E-state index < -0.39 is 0 Å². The van der Waals surface area contributed by atoms with E-state index in [1.54, 1.807) is 23.0 Å². The van der Waals surface area contributed by atoms with Crippen molar-refractivity contribution in [2.45, 2.75) is 19.9 Å². The first-order chi connectivity index (χ1) is 8.72. The lowest BCUT2D eigenvalue weighted by Crippen LogP contribution is -2.16. The molecule has 0 spiro atoms. The Kier molecular flexibility index (Phi) is 4.43. The largest absolute Gasteiger partial charge is 0.311 e. The van der Waals surface area contributed by atoms with E-state index in [-0.39, 0.29) is 5.82 Å². The molecule has 0 aliphatic heterocycles. The van der Waals surface area contributed by atoms with Crippen LogP contribution >= 0.6 is 15.9 Å². The Morgan fingerprint density at radius 3 is 3.00 bits per heavy atom. The average molecular weight is 313 g/mol. The molecule has 0 fully saturated rings. The molecule has 0 amide bonds. The Morgan fingerprint density at radius 2 is 2.28 bits per heavy atom. The summed E-state index contributed by atoms with van der Waals surface area (Å²) in [5.74, 6) is -0.287. The highest BCUT2D eigenvalue weighted by atomic mass is 79.9. The van der Waals surface area contributed by atoms with Crippen LogP contribution in [0.25, 0.3) is 5.69 Å². The molecule has 0 aliphatic rings. The topological polar surface area (TPSA) is 42.7 Å². The number of nitrogens with one attached hydrogen (secondary N) is 1. The summed E-state index contributed by atoms with van der Waals surface area (Å²) in [6.07, 6.45) is 2.78. The van der Waals surface area contributed by atoms with Crippen molar-refractivity contribution in [1.82, 2.24) is 20.3 Å². The monoisotopic (exact) mass is 312 g/mol. The van der Waals surface area contributed by atoms with Gasteiger partial charge in [-0.15, -0.1) is 5.10 Å². The summed E-state index contributed by atoms with van der Waals surface area (Å²) in [7, 11) is 0. The minimum atomic E-state index is -0.287. The van der Waals surface area contributed by atoms with Gasteiger partial charge in [0.2, 0.25) is 0 Å². The number of hydrogen-bond donors (Lipinski definition) is 1. The lowest BCUT2D eigenvalue weighted by molar-refractivity contribution is 0.617. The van der Waals surface area contributed by atoms with Gasteiger partial charge in [0.25, 0.3) is 0 Å². The molecule has 1 aromatic carbocycles. The second-order valence-electron chi connectivity index (χ2n) is 3.91. The van der Waals surface area contributed by atoms with Crippen LogP contribution in [0.3, 0.4) is 0 Å². The predicted molar refractivity (Wildman–Crippen MR) is 71.0 cm³/mol. The van der Waals surface area contributed by atoms with Crippen LogP contribution in [0.2, 0.25) is 0 Å². The lowest BCUT2D eigenvalue weighted by Gasteiger charge is -2.07. The van der Waals surface area contributed by atoms with Crippen LogP contribution in [0.4, 0.5) is 4.39 Å². The van der Waals surface area contributed by atoms with E-state index in [0.717, 1.165) is 24.3 Å². The van der Waals surface area contributed by atoms with Crippen molar-refractivity contribution >= 4 is 15.9 Å². The van der Waals surface area contributed by atoms with Crippen LogP contribution < -0.4 is 5.32 Å². The summed E-state index contributed by atoms with van der Waals surface area (Å²) in [5, 5.41) is 11.2. The number of aromatic nitrogens is 3. The van der Waals surface area contributed by atoms with Gasteiger partial charge in [0.1, 0.15) is 5.82 Å². The van der Waals surface area contributed by atoms with Crippen LogP contribution in [0.1, 0.15) is 19.0 Å². The summed E-state index contributed by atoms with van der Waals surface area (Å²) in [5.41, 5.74) is 1.73. The summed E-state index contributed by atoms with van der Waals surface area (Å²) < 4.78 is 15.3. The molecule has 1 N–H and O–H groups in total. The summed E-state index contributed by atoms with van der Waals surface area (Å²) in [4.78, 5) is 0. The van der Waals surface area contributed by atoms with Crippen LogP contribution in [0.5, 0.6) is 0 Å². The maximum absolute atomic E-state index is 13.2. The van der Waals surface area contributed by atoms with E-state index in [9.17, 15) is 4.39 Å². The van der Waals surface area contributed by atoms with Crippen molar-refractivity contribution in [3.05, 3.63) is 40.4 Å². The van der Waals surface area contributed by atoms with Gasteiger partial charge < -0.3 is 5.32 Å². The minimum Gasteiger partial charge on any atom is -0.311 e. The maximum Gasteiger partial charge on any atom is 0.137 e. The molecule has 2 aromatic rings. The zero-order valence-electron chi connectivity index (χ0n) is 10.0. The second-order valence-corrected chi connectivity index (χ2v) is 4.77. The standard InChI is InChI=1S/C12H14BrFN4/c1-2-5-15-7-10-8-16-17-18(10)9-3-4-12(14)11(13)6-9/h3-4,6,8,15H,2,5,7H2,1H3. The van der Waals surface area contributed by atoms with E-state index in [4.69, 9.17) is 0 Å². The van der Waals surface area contributed by atoms with Gasteiger partial charge in [-0.3, -0.25) is 0 Å². The van der Waals surface area contributed by atoms with Crippen molar-refractivity contribution in [3.8, 4) is 5.69 Å².